The lowest BCUT2D eigenvalue weighted by Gasteiger charge is -2.40. The van der Waals surface area contributed by atoms with E-state index in [1.807, 2.05) is 66.7 Å². The number of rotatable bonds is 4. The average Bonchev–Trinajstić information content (AvgIpc) is 3.61. The predicted octanol–water partition coefficient (Wildman–Crippen LogP) is 9.64. The van der Waals surface area contributed by atoms with Crippen LogP contribution in [0.4, 0.5) is 0 Å². The minimum atomic E-state index is -0.705. The van der Waals surface area contributed by atoms with Crippen LogP contribution >= 0.6 is 0 Å². The van der Waals surface area contributed by atoms with Crippen molar-refractivity contribution in [1.82, 2.24) is 15.0 Å². The lowest BCUT2D eigenvalue weighted by molar-refractivity contribution is 0.00578. The lowest BCUT2D eigenvalue weighted by atomic mass is 9.65. The van der Waals surface area contributed by atoms with Gasteiger partial charge in [-0.2, -0.15) is 0 Å². The first kappa shape index (κ1) is 31.8. The molecule has 1 fully saturated rings. The molecule has 0 radical (unpaired) electrons. The van der Waals surface area contributed by atoms with Gasteiger partial charge in [0.05, 0.1) is 22.2 Å². The van der Waals surface area contributed by atoms with E-state index in [1.165, 1.54) is 5.56 Å². The standard InChI is InChI=1S/C46H36BN3O3/c1-44(2)45(3,4)53-47(52-44)37-27-16-25-35-39(37)31-21-11-12-23-33(31)46(35)34-24-13-14-28-38(34)51-40-32(22-15-26-36(40)46)43-49-41(29-17-7-5-8-18-29)48-42(50-43)30-19-9-6-10-20-30/h5-28H,1-4H3. The molecule has 1 aliphatic carbocycles. The molecule has 256 valence electrons. The van der Waals surface area contributed by atoms with E-state index in [4.69, 9.17) is 29.0 Å². The Kier molecular flexibility index (Phi) is 6.94. The lowest BCUT2D eigenvalue weighted by Crippen LogP contribution is -2.41. The van der Waals surface area contributed by atoms with Crippen molar-refractivity contribution in [3.05, 3.63) is 168 Å². The summed E-state index contributed by atoms with van der Waals surface area (Å²) >= 11 is 0. The molecule has 1 saturated heterocycles. The van der Waals surface area contributed by atoms with E-state index in [0.717, 1.165) is 61.5 Å². The molecule has 0 bridgehead atoms. The molecule has 6 nitrogen and oxygen atoms in total. The summed E-state index contributed by atoms with van der Waals surface area (Å²) < 4.78 is 20.4. The minimum Gasteiger partial charge on any atom is -0.456 e. The molecular formula is C46H36BN3O3. The molecule has 53 heavy (non-hydrogen) atoms. The van der Waals surface area contributed by atoms with Crippen molar-refractivity contribution < 1.29 is 14.0 Å². The summed E-state index contributed by atoms with van der Waals surface area (Å²) in [4.78, 5) is 15.2. The first-order chi connectivity index (χ1) is 25.8. The third kappa shape index (κ3) is 4.64. The monoisotopic (exact) mass is 689 g/mol. The molecule has 3 heterocycles. The average molecular weight is 690 g/mol. The summed E-state index contributed by atoms with van der Waals surface area (Å²) in [5.74, 6) is 3.25. The van der Waals surface area contributed by atoms with E-state index in [1.54, 1.807) is 0 Å². The molecule has 1 atom stereocenters. The second-order valence-electron chi connectivity index (χ2n) is 15.0. The minimum absolute atomic E-state index is 0.481. The van der Waals surface area contributed by atoms with Crippen molar-refractivity contribution in [3.63, 3.8) is 0 Å². The number of benzene rings is 6. The molecule has 2 aliphatic heterocycles. The highest BCUT2D eigenvalue weighted by molar-refractivity contribution is 6.64. The zero-order valence-corrected chi connectivity index (χ0v) is 30.0. The van der Waals surface area contributed by atoms with Gasteiger partial charge in [-0.25, -0.2) is 15.0 Å². The van der Waals surface area contributed by atoms with E-state index in [-0.39, 0.29) is 0 Å². The Bertz CT molecular complexity index is 2500. The maximum atomic E-state index is 7.01. The van der Waals surface area contributed by atoms with Gasteiger partial charge in [-0.1, -0.05) is 133 Å². The third-order valence-electron chi connectivity index (χ3n) is 11.5. The van der Waals surface area contributed by atoms with Crippen molar-refractivity contribution in [2.75, 3.05) is 0 Å². The van der Waals surface area contributed by atoms with E-state index in [0.29, 0.717) is 17.5 Å². The van der Waals surface area contributed by atoms with Gasteiger partial charge < -0.3 is 14.0 Å². The first-order valence-corrected chi connectivity index (χ1v) is 18.1. The molecule has 7 aromatic rings. The molecule has 0 N–H and O–H groups in total. The normalized spacial score (nSPS) is 18.5. The van der Waals surface area contributed by atoms with Crippen LogP contribution < -0.4 is 10.2 Å². The van der Waals surface area contributed by atoms with Crippen molar-refractivity contribution in [2.24, 2.45) is 0 Å². The Balaban J connectivity index is 1.25. The Hall–Kier alpha value is -5.89. The van der Waals surface area contributed by atoms with Gasteiger partial charge in [-0.05, 0) is 67.5 Å². The number of para-hydroxylation sites is 2. The predicted molar refractivity (Wildman–Crippen MR) is 209 cm³/mol. The first-order valence-electron chi connectivity index (χ1n) is 18.1. The second kappa shape index (κ2) is 11.6. The summed E-state index contributed by atoms with van der Waals surface area (Å²) in [5, 5.41) is 0. The van der Waals surface area contributed by atoms with Gasteiger partial charge in [0.2, 0.25) is 0 Å². The molecular weight excluding hydrogens is 653 g/mol. The number of ether oxygens (including phenoxy) is 1. The van der Waals surface area contributed by atoms with E-state index in [2.05, 4.69) is 107 Å². The smallest absolute Gasteiger partial charge is 0.456 e. The molecule has 6 aromatic carbocycles. The number of hydrogen-bond donors (Lipinski definition) is 0. The molecule has 1 unspecified atom stereocenters. The summed E-state index contributed by atoms with van der Waals surface area (Å²) in [6, 6.07) is 50.1. The quantitative estimate of drug-likeness (QED) is 0.172. The van der Waals surface area contributed by atoms with Gasteiger partial charge in [0.25, 0.3) is 0 Å². The third-order valence-corrected chi connectivity index (χ3v) is 11.5. The van der Waals surface area contributed by atoms with Crippen molar-refractivity contribution in [2.45, 2.75) is 44.3 Å². The zero-order valence-electron chi connectivity index (χ0n) is 30.0. The Morgan fingerprint density at radius 1 is 0.453 bits per heavy atom. The molecule has 7 heteroatoms. The van der Waals surface area contributed by atoms with Crippen LogP contribution in [0.25, 0.3) is 45.3 Å². The molecule has 0 saturated carbocycles. The fourth-order valence-electron chi connectivity index (χ4n) is 8.27. The molecule has 1 spiro atoms. The molecule has 1 aromatic heterocycles. The van der Waals surface area contributed by atoms with Gasteiger partial charge in [-0.15, -0.1) is 0 Å². The Morgan fingerprint density at radius 3 is 1.64 bits per heavy atom. The topological polar surface area (TPSA) is 66.4 Å². The van der Waals surface area contributed by atoms with Crippen molar-refractivity contribution in [3.8, 4) is 56.8 Å². The maximum absolute atomic E-state index is 7.01. The van der Waals surface area contributed by atoms with Crippen molar-refractivity contribution >= 4 is 12.6 Å². The number of fused-ring (bicyclic) bond motifs is 9. The number of aromatic nitrogens is 3. The Morgan fingerprint density at radius 2 is 0.962 bits per heavy atom. The summed E-state index contributed by atoms with van der Waals surface area (Å²) in [5.41, 5.74) is 8.69. The van der Waals surface area contributed by atoms with Gasteiger partial charge in [0, 0.05) is 22.3 Å². The van der Waals surface area contributed by atoms with Crippen LogP contribution in [0.2, 0.25) is 0 Å². The summed E-state index contributed by atoms with van der Waals surface area (Å²) in [6.07, 6.45) is 0. The van der Waals surface area contributed by atoms with Crippen molar-refractivity contribution in [1.29, 1.82) is 0 Å². The maximum Gasteiger partial charge on any atom is 0.495 e. The van der Waals surface area contributed by atoms with Crippen LogP contribution in [0.3, 0.4) is 0 Å². The van der Waals surface area contributed by atoms with E-state index < -0.39 is 23.7 Å². The van der Waals surface area contributed by atoms with Crippen LogP contribution in [0.1, 0.15) is 49.9 Å². The molecule has 3 aliphatic rings. The van der Waals surface area contributed by atoms with Gasteiger partial charge in [0.1, 0.15) is 11.5 Å². The van der Waals surface area contributed by atoms with Crippen LogP contribution in [0.5, 0.6) is 11.5 Å². The Labute approximate surface area is 309 Å². The second-order valence-corrected chi connectivity index (χ2v) is 15.0. The SMILES string of the molecule is CC1(C)OB(c2cccc3c2-c2ccccc2C32c3ccccc3Oc3c(-c4nc(-c5ccccc5)nc(-c5ccccc5)n4)cccc32)OC1(C)C. The van der Waals surface area contributed by atoms with Crippen LogP contribution in [0, 0.1) is 0 Å². The van der Waals surface area contributed by atoms with Crippen LogP contribution in [0.15, 0.2) is 146 Å². The highest BCUT2D eigenvalue weighted by atomic mass is 16.7. The van der Waals surface area contributed by atoms with Crippen LogP contribution in [-0.2, 0) is 14.7 Å². The molecule has 0 amide bonds. The van der Waals surface area contributed by atoms with Gasteiger partial charge >= 0.3 is 7.12 Å². The van der Waals surface area contributed by atoms with Gasteiger partial charge in [-0.3, -0.25) is 0 Å². The highest BCUT2D eigenvalue weighted by Crippen LogP contribution is 2.63. The number of nitrogens with zero attached hydrogens (tertiary/aromatic N) is 3. The van der Waals surface area contributed by atoms with Crippen LogP contribution in [-0.4, -0.2) is 33.3 Å². The summed E-state index contributed by atoms with van der Waals surface area (Å²) in [7, 11) is -0.530. The summed E-state index contributed by atoms with van der Waals surface area (Å²) in [6.45, 7) is 8.41. The largest absolute Gasteiger partial charge is 0.495 e. The highest BCUT2D eigenvalue weighted by Gasteiger charge is 2.56. The number of hydrogen-bond acceptors (Lipinski definition) is 6. The zero-order chi connectivity index (χ0) is 36.0. The molecule has 10 rings (SSSR count). The van der Waals surface area contributed by atoms with E-state index >= 15 is 0 Å². The fraction of sp³-hybridized carbons (Fsp3) is 0.152. The fourth-order valence-corrected chi connectivity index (χ4v) is 8.27. The van der Waals surface area contributed by atoms with E-state index in [9.17, 15) is 0 Å². The van der Waals surface area contributed by atoms with Gasteiger partial charge in [0.15, 0.2) is 17.5 Å².